The lowest BCUT2D eigenvalue weighted by atomic mass is 9.97. The topological polar surface area (TPSA) is 15.3 Å². The van der Waals surface area contributed by atoms with Gasteiger partial charge in [-0.15, -0.1) is 0 Å². The van der Waals surface area contributed by atoms with E-state index in [1.165, 1.54) is 19.3 Å². The molecule has 4 heteroatoms. The molecule has 0 aliphatic carbocycles. The van der Waals surface area contributed by atoms with Gasteiger partial charge in [-0.2, -0.15) is 0 Å². The average Bonchev–Trinajstić information content (AvgIpc) is 2.91. The number of likely N-dealkylation sites (tertiary alicyclic amines) is 1. The lowest BCUT2D eigenvalue weighted by Gasteiger charge is -2.31. The highest BCUT2D eigenvalue weighted by atomic mass is 79.9. The summed E-state index contributed by atoms with van der Waals surface area (Å²) in [5, 5.41) is 3.49. The van der Waals surface area contributed by atoms with E-state index in [0.717, 1.165) is 44.1 Å². The van der Waals surface area contributed by atoms with Crippen molar-refractivity contribution in [1.82, 2.24) is 10.2 Å². The molecule has 110 valence electrons. The fourth-order valence-electron chi connectivity index (χ4n) is 3.55. The maximum atomic E-state index is 13.7. The van der Waals surface area contributed by atoms with E-state index >= 15 is 0 Å². The molecule has 2 aliphatic rings. The van der Waals surface area contributed by atoms with Gasteiger partial charge in [-0.25, -0.2) is 4.39 Å². The lowest BCUT2D eigenvalue weighted by Crippen LogP contribution is -2.38. The van der Waals surface area contributed by atoms with Crippen molar-refractivity contribution in [2.45, 2.75) is 31.7 Å². The highest BCUT2D eigenvalue weighted by Crippen LogP contribution is 2.34. The first-order valence-corrected chi connectivity index (χ1v) is 8.43. The van der Waals surface area contributed by atoms with Crippen molar-refractivity contribution in [1.29, 1.82) is 0 Å². The molecule has 0 radical (unpaired) electrons. The first kappa shape index (κ1) is 14.5. The van der Waals surface area contributed by atoms with Gasteiger partial charge in [0.15, 0.2) is 0 Å². The van der Waals surface area contributed by atoms with Gasteiger partial charge in [0.05, 0.1) is 4.47 Å². The monoisotopic (exact) mass is 340 g/mol. The molecule has 1 aromatic carbocycles. The Kier molecular flexibility index (Phi) is 4.74. The molecule has 20 heavy (non-hydrogen) atoms. The minimum atomic E-state index is -0.145. The number of hydrogen-bond donors (Lipinski definition) is 1. The van der Waals surface area contributed by atoms with Crippen LogP contribution in [0.25, 0.3) is 0 Å². The Bertz CT molecular complexity index is 460. The highest BCUT2D eigenvalue weighted by molar-refractivity contribution is 9.10. The SMILES string of the molecule is Fc1cc(C2CCCN2CC2CCCNC2)ccc1Br. The Morgan fingerprint density at radius 1 is 1.30 bits per heavy atom. The van der Waals surface area contributed by atoms with Gasteiger partial charge < -0.3 is 5.32 Å². The van der Waals surface area contributed by atoms with Gasteiger partial charge in [0.25, 0.3) is 0 Å². The number of benzene rings is 1. The van der Waals surface area contributed by atoms with Crippen LogP contribution in [0.4, 0.5) is 4.39 Å². The van der Waals surface area contributed by atoms with Gasteiger partial charge in [0, 0.05) is 12.6 Å². The summed E-state index contributed by atoms with van der Waals surface area (Å²) >= 11 is 3.24. The van der Waals surface area contributed by atoms with E-state index in [4.69, 9.17) is 0 Å². The van der Waals surface area contributed by atoms with Gasteiger partial charge in [0.1, 0.15) is 5.82 Å². The summed E-state index contributed by atoms with van der Waals surface area (Å²) in [4.78, 5) is 2.56. The van der Waals surface area contributed by atoms with Gasteiger partial charge >= 0.3 is 0 Å². The number of nitrogens with one attached hydrogen (secondary N) is 1. The summed E-state index contributed by atoms with van der Waals surface area (Å²) < 4.78 is 14.3. The van der Waals surface area contributed by atoms with Crippen LogP contribution >= 0.6 is 15.9 Å². The maximum Gasteiger partial charge on any atom is 0.137 e. The quantitative estimate of drug-likeness (QED) is 0.901. The summed E-state index contributed by atoms with van der Waals surface area (Å²) in [6.07, 6.45) is 4.99. The summed E-state index contributed by atoms with van der Waals surface area (Å²) in [6.45, 7) is 4.60. The fourth-order valence-corrected chi connectivity index (χ4v) is 3.80. The van der Waals surface area contributed by atoms with E-state index in [-0.39, 0.29) is 5.82 Å². The van der Waals surface area contributed by atoms with Gasteiger partial charge in [-0.05, 0) is 84.9 Å². The summed E-state index contributed by atoms with van der Waals surface area (Å²) in [5.41, 5.74) is 1.13. The lowest BCUT2D eigenvalue weighted by molar-refractivity contribution is 0.195. The third-order valence-electron chi connectivity index (χ3n) is 4.58. The Labute approximate surface area is 128 Å². The first-order valence-electron chi connectivity index (χ1n) is 7.64. The molecular formula is C16H22BrFN2. The molecular weight excluding hydrogens is 319 g/mol. The summed E-state index contributed by atoms with van der Waals surface area (Å²) in [7, 11) is 0. The average molecular weight is 341 g/mol. The third-order valence-corrected chi connectivity index (χ3v) is 5.23. The minimum Gasteiger partial charge on any atom is -0.316 e. The largest absolute Gasteiger partial charge is 0.316 e. The minimum absolute atomic E-state index is 0.145. The van der Waals surface area contributed by atoms with Crippen LogP contribution in [0.3, 0.4) is 0 Å². The van der Waals surface area contributed by atoms with Crippen molar-refractivity contribution >= 4 is 15.9 Å². The van der Waals surface area contributed by atoms with Crippen molar-refractivity contribution in [2.24, 2.45) is 5.92 Å². The normalized spacial score (nSPS) is 27.9. The second kappa shape index (κ2) is 6.54. The van der Waals surface area contributed by atoms with E-state index < -0.39 is 0 Å². The molecule has 3 rings (SSSR count). The molecule has 0 aromatic heterocycles. The summed E-state index contributed by atoms with van der Waals surface area (Å²) in [6, 6.07) is 6.00. The van der Waals surface area contributed by atoms with Crippen molar-refractivity contribution in [3.05, 3.63) is 34.1 Å². The van der Waals surface area contributed by atoms with Crippen LogP contribution in [0.2, 0.25) is 0 Å². The first-order chi connectivity index (χ1) is 9.74. The number of halogens is 2. The van der Waals surface area contributed by atoms with Crippen LogP contribution in [-0.4, -0.2) is 31.1 Å². The molecule has 2 saturated heterocycles. The zero-order valence-electron chi connectivity index (χ0n) is 11.7. The number of rotatable bonds is 3. The molecule has 2 atom stereocenters. The fraction of sp³-hybridized carbons (Fsp3) is 0.625. The molecule has 2 aliphatic heterocycles. The predicted octanol–water partition coefficient (Wildman–Crippen LogP) is 3.72. The summed E-state index contributed by atoms with van der Waals surface area (Å²) in [5.74, 6) is 0.610. The van der Waals surface area contributed by atoms with Crippen molar-refractivity contribution in [3.63, 3.8) is 0 Å². The standard InChI is InChI=1S/C16H22BrFN2/c17-14-6-5-13(9-15(14)18)16-4-2-8-20(16)11-12-3-1-7-19-10-12/h5-6,9,12,16,19H,1-4,7-8,10-11H2. The molecule has 1 N–H and O–H groups in total. The Hall–Kier alpha value is -0.450. The second-order valence-corrected chi connectivity index (χ2v) is 6.89. The Morgan fingerprint density at radius 3 is 2.95 bits per heavy atom. The van der Waals surface area contributed by atoms with E-state index in [9.17, 15) is 4.39 Å². The molecule has 0 spiro atoms. The molecule has 0 saturated carbocycles. The number of nitrogens with zero attached hydrogens (tertiary/aromatic N) is 1. The molecule has 0 amide bonds. The van der Waals surface area contributed by atoms with E-state index in [1.807, 2.05) is 6.07 Å². The van der Waals surface area contributed by atoms with Gasteiger partial charge in [-0.1, -0.05) is 6.07 Å². The van der Waals surface area contributed by atoms with Crippen molar-refractivity contribution in [2.75, 3.05) is 26.2 Å². The predicted molar refractivity (Wildman–Crippen MR) is 83.2 cm³/mol. The van der Waals surface area contributed by atoms with Crippen LogP contribution in [0.15, 0.2) is 22.7 Å². The molecule has 1 aromatic rings. The smallest absolute Gasteiger partial charge is 0.137 e. The van der Waals surface area contributed by atoms with Gasteiger partial charge in [-0.3, -0.25) is 4.90 Å². The second-order valence-electron chi connectivity index (χ2n) is 6.04. The molecule has 0 bridgehead atoms. The zero-order valence-corrected chi connectivity index (χ0v) is 13.3. The van der Waals surface area contributed by atoms with E-state index in [2.05, 4.69) is 32.2 Å². The molecule has 2 fully saturated rings. The number of hydrogen-bond acceptors (Lipinski definition) is 2. The molecule has 2 nitrogen and oxygen atoms in total. The van der Waals surface area contributed by atoms with Crippen LogP contribution in [0.5, 0.6) is 0 Å². The van der Waals surface area contributed by atoms with Crippen molar-refractivity contribution in [3.8, 4) is 0 Å². The maximum absolute atomic E-state index is 13.7. The van der Waals surface area contributed by atoms with E-state index in [0.29, 0.717) is 10.5 Å². The van der Waals surface area contributed by atoms with E-state index in [1.54, 1.807) is 6.07 Å². The van der Waals surface area contributed by atoms with Crippen LogP contribution in [-0.2, 0) is 0 Å². The highest BCUT2D eigenvalue weighted by Gasteiger charge is 2.28. The Balaban J connectivity index is 1.69. The van der Waals surface area contributed by atoms with Crippen molar-refractivity contribution < 1.29 is 4.39 Å². The number of piperidine rings is 1. The Morgan fingerprint density at radius 2 is 2.20 bits per heavy atom. The van der Waals surface area contributed by atoms with Crippen LogP contribution in [0, 0.1) is 11.7 Å². The van der Waals surface area contributed by atoms with Crippen LogP contribution in [0.1, 0.15) is 37.3 Å². The molecule has 2 unspecified atom stereocenters. The zero-order chi connectivity index (χ0) is 13.9. The van der Waals surface area contributed by atoms with Gasteiger partial charge in [0.2, 0.25) is 0 Å². The van der Waals surface area contributed by atoms with Crippen LogP contribution < -0.4 is 5.32 Å². The third kappa shape index (κ3) is 3.23. The molecule has 2 heterocycles.